The fraction of sp³-hybridized carbons (Fsp3) is 0.400. The van der Waals surface area contributed by atoms with Gasteiger partial charge >= 0.3 is 6.18 Å². The van der Waals surface area contributed by atoms with Gasteiger partial charge in [-0.1, -0.05) is 13.0 Å². The van der Waals surface area contributed by atoms with Crippen molar-refractivity contribution >= 4 is 10.0 Å². The van der Waals surface area contributed by atoms with Crippen molar-refractivity contribution in [3.8, 4) is 5.75 Å². The van der Waals surface area contributed by atoms with Gasteiger partial charge in [0.2, 0.25) is 10.0 Å². The van der Waals surface area contributed by atoms with Crippen molar-refractivity contribution < 1.29 is 26.7 Å². The van der Waals surface area contributed by atoms with Crippen molar-refractivity contribution in [2.75, 3.05) is 13.1 Å². The van der Waals surface area contributed by atoms with Crippen LogP contribution in [0, 0.1) is 0 Å². The third kappa shape index (κ3) is 3.61. The molecule has 0 unspecified atom stereocenters. The molecule has 0 radical (unpaired) electrons. The van der Waals surface area contributed by atoms with Gasteiger partial charge in [-0.15, -0.1) is 0 Å². The van der Waals surface area contributed by atoms with Crippen LogP contribution in [0.2, 0.25) is 0 Å². The van der Waals surface area contributed by atoms with Crippen molar-refractivity contribution in [2.45, 2.75) is 18.0 Å². The Morgan fingerprint density at radius 2 is 1.94 bits per heavy atom. The zero-order chi connectivity index (χ0) is 14.0. The number of phenols is 1. The lowest BCUT2D eigenvalue weighted by Crippen LogP contribution is -2.38. The molecule has 1 N–H and O–H groups in total. The lowest BCUT2D eigenvalue weighted by atomic mass is 10.3. The summed E-state index contributed by atoms with van der Waals surface area (Å²) in [5.74, 6) is -0.320. The van der Waals surface area contributed by atoms with Gasteiger partial charge in [-0.25, -0.2) is 8.42 Å². The van der Waals surface area contributed by atoms with Crippen molar-refractivity contribution in [2.24, 2.45) is 0 Å². The van der Waals surface area contributed by atoms with E-state index in [1.807, 2.05) is 0 Å². The lowest BCUT2D eigenvalue weighted by Gasteiger charge is -2.21. The van der Waals surface area contributed by atoms with Crippen molar-refractivity contribution in [3.63, 3.8) is 0 Å². The van der Waals surface area contributed by atoms with Gasteiger partial charge in [0, 0.05) is 6.54 Å². The largest absolute Gasteiger partial charge is 0.508 e. The highest BCUT2D eigenvalue weighted by Crippen LogP contribution is 2.24. The van der Waals surface area contributed by atoms with Crippen molar-refractivity contribution in [1.82, 2.24) is 4.31 Å². The van der Waals surface area contributed by atoms with Crippen LogP contribution in [0.5, 0.6) is 5.75 Å². The van der Waals surface area contributed by atoms with Crippen molar-refractivity contribution in [1.29, 1.82) is 0 Å². The molecule has 1 aromatic rings. The minimum atomic E-state index is -4.61. The Morgan fingerprint density at radius 3 is 2.39 bits per heavy atom. The highest BCUT2D eigenvalue weighted by molar-refractivity contribution is 7.89. The zero-order valence-electron chi connectivity index (χ0n) is 9.48. The van der Waals surface area contributed by atoms with E-state index in [0.29, 0.717) is 4.31 Å². The molecule has 18 heavy (non-hydrogen) atoms. The zero-order valence-corrected chi connectivity index (χ0v) is 10.3. The Bertz CT molecular complexity index is 513. The van der Waals surface area contributed by atoms with Crippen LogP contribution in [0.25, 0.3) is 0 Å². The smallest absolute Gasteiger partial charge is 0.402 e. The monoisotopic (exact) mass is 283 g/mol. The number of sulfonamides is 1. The fourth-order valence-electron chi connectivity index (χ4n) is 1.36. The lowest BCUT2D eigenvalue weighted by molar-refractivity contribution is -0.135. The quantitative estimate of drug-likeness (QED) is 0.919. The van der Waals surface area contributed by atoms with E-state index in [1.54, 1.807) is 0 Å². The molecule has 0 aliphatic rings. The summed E-state index contributed by atoms with van der Waals surface area (Å²) in [6, 6.07) is 4.53. The third-order valence-corrected chi connectivity index (χ3v) is 4.08. The number of benzene rings is 1. The third-order valence-electron chi connectivity index (χ3n) is 2.16. The average molecular weight is 283 g/mol. The van der Waals surface area contributed by atoms with Gasteiger partial charge < -0.3 is 5.11 Å². The summed E-state index contributed by atoms with van der Waals surface area (Å²) in [5, 5.41) is 9.16. The SMILES string of the molecule is CCN(CC(F)(F)F)S(=O)(=O)c1cccc(O)c1. The second kappa shape index (κ2) is 5.15. The molecule has 4 nitrogen and oxygen atoms in total. The van der Waals surface area contributed by atoms with Gasteiger partial charge in [0.25, 0.3) is 0 Å². The molecule has 0 fully saturated rings. The molecule has 0 bridgehead atoms. The molecule has 0 atom stereocenters. The Morgan fingerprint density at radius 1 is 1.33 bits per heavy atom. The first kappa shape index (κ1) is 14.8. The minimum Gasteiger partial charge on any atom is -0.508 e. The molecule has 0 saturated carbocycles. The van der Waals surface area contributed by atoms with Crippen LogP contribution in [0.1, 0.15) is 6.92 Å². The molecule has 1 aromatic carbocycles. The number of aromatic hydroxyl groups is 1. The summed E-state index contributed by atoms with van der Waals surface area (Å²) < 4.78 is 60.9. The van der Waals surface area contributed by atoms with Gasteiger partial charge in [0.15, 0.2) is 0 Å². The van der Waals surface area contributed by atoms with Gasteiger partial charge in [-0.2, -0.15) is 17.5 Å². The standard InChI is InChI=1S/C10H12F3NO3S/c1-2-14(7-10(11,12)13)18(16,17)9-5-3-4-8(15)6-9/h3-6,15H,2,7H2,1H3. The van der Waals surface area contributed by atoms with Gasteiger partial charge in [0.1, 0.15) is 12.3 Å². The Kier molecular flexibility index (Phi) is 4.23. The minimum absolute atomic E-state index is 0.307. The van der Waals surface area contributed by atoms with Gasteiger partial charge in [-0.05, 0) is 18.2 Å². The van der Waals surface area contributed by atoms with E-state index < -0.39 is 22.7 Å². The molecule has 0 heterocycles. The number of phenolic OH excluding ortho intramolecular Hbond substituents is 1. The summed E-state index contributed by atoms with van der Waals surface area (Å²) in [6.07, 6.45) is -4.61. The maximum atomic E-state index is 12.3. The van der Waals surface area contributed by atoms with Crippen LogP contribution >= 0.6 is 0 Å². The fourth-order valence-corrected chi connectivity index (χ4v) is 2.83. The number of hydrogen-bond acceptors (Lipinski definition) is 3. The molecule has 102 valence electrons. The van der Waals surface area contributed by atoms with Crippen LogP contribution < -0.4 is 0 Å². The molecule has 0 saturated heterocycles. The molecule has 0 spiro atoms. The molecule has 0 aliphatic heterocycles. The first-order chi connectivity index (χ1) is 8.16. The summed E-state index contributed by atoms with van der Waals surface area (Å²) in [7, 11) is -4.25. The highest BCUT2D eigenvalue weighted by atomic mass is 32.2. The van der Waals surface area contributed by atoms with Crippen LogP contribution in [-0.2, 0) is 10.0 Å². The first-order valence-corrected chi connectivity index (χ1v) is 6.47. The first-order valence-electron chi connectivity index (χ1n) is 5.03. The van der Waals surface area contributed by atoms with E-state index >= 15 is 0 Å². The highest BCUT2D eigenvalue weighted by Gasteiger charge is 2.36. The molecular weight excluding hydrogens is 271 g/mol. The second-order valence-corrected chi connectivity index (χ2v) is 5.48. The summed E-state index contributed by atoms with van der Waals surface area (Å²) in [5.41, 5.74) is 0. The number of hydrogen-bond donors (Lipinski definition) is 1. The maximum Gasteiger partial charge on any atom is 0.402 e. The maximum absolute atomic E-state index is 12.3. The van der Waals surface area contributed by atoms with Crippen LogP contribution in [-0.4, -0.2) is 37.1 Å². The van der Waals surface area contributed by atoms with E-state index in [2.05, 4.69) is 0 Å². The summed E-state index contributed by atoms with van der Waals surface area (Å²) in [6.45, 7) is -0.551. The molecule has 1 rings (SSSR count). The number of halogens is 3. The second-order valence-electron chi connectivity index (χ2n) is 3.54. The molecular formula is C10H12F3NO3S. The average Bonchev–Trinajstić information content (AvgIpc) is 2.24. The summed E-state index contributed by atoms with van der Waals surface area (Å²) in [4.78, 5) is -0.367. The normalized spacial score (nSPS) is 12.9. The predicted octanol–water partition coefficient (Wildman–Crippen LogP) is 1.97. The Hall–Kier alpha value is -1.28. The summed E-state index contributed by atoms with van der Waals surface area (Å²) >= 11 is 0. The topological polar surface area (TPSA) is 57.6 Å². The van der Waals surface area contributed by atoms with Crippen LogP contribution in [0.4, 0.5) is 13.2 Å². The molecule has 0 aromatic heterocycles. The molecule has 0 amide bonds. The number of alkyl halides is 3. The van der Waals surface area contributed by atoms with Gasteiger partial charge in [0.05, 0.1) is 4.90 Å². The van der Waals surface area contributed by atoms with E-state index in [4.69, 9.17) is 5.11 Å². The van der Waals surface area contributed by atoms with E-state index in [-0.39, 0.29) is 17.2 Å². The van der Waals surface area contributed by atoms with Crippen LogP contribution in [0.3, 0.4) is 0 Å². The van der Waals surface area contributed by atoms with Crippen LogP contribution in [0.15, 0.2) is 29.2 Å². The number of nitrogens with zero attached hydrogens (tertiary/aromatic N) is 1. The van der Waals surface area contributed by atoms with Crippen molar-refractivity contribution in [3.05, 3.63) is 24.3 Å². The van der Waals surface area contributed by atoms with E-state index in [1.165, 1.54) is 19.1 Å². The predicted molar refractivity (Wildman–Crippen MR) is 58.6 cm³/mol. The number of rotatable bonds is 4. The molecule has 0 aliphatic carbocycles. The molecule has 8 heteroatoms. The van der Waals surface area contributed by atoms with Gasteiger partial charge in [-0.3, -0.25) is 0 Å². The van der Waals surface area contributed by atoms with E-state index in [9.17, 15) is 21.6 Å². The Balaban J connectivity index is 3.11. The van der Waals surface area contributed by atoms with E-state index in [0.717, 1.165) is 12.1 Å². The Labute approximate surface area is 103 Å².